The molecule has 0 saturated carbocycles. The van der Waals surface area contributed by atoms with E-state index in [1.54, 1.807) is 19.2 Å². The summed E-state index contributed by atoms with van der Waals surface area (Å²) in [7, 11) is 1.56. The fourth-order valence-corrected chi connectivity index (χ4v) is 2.14. The first-order valence-corrected chi connectivity index (χ1v) is 7.14. The van der Waals surface area contributed by atoms with E-state index in [1.165, 1.54) is 0 Å². The molecule has 21 heavy (non-hydrogen) atoms. The van der Waals surface area contributed by atoms with Gasteiger partial charge in [-0.05, 0) is 12.1 Å². The highest BCUT2D eigenvalue weighted by Gasteiger charge is 2.11. The lowest BCUT2D eigenvalue weighted by Crippen LogP contribution is -2.44. The first kappa shape index (κ1) is 15.6. The third-order valence-corrected chi connectivity index (χ3v) is 3.29. The third kappa shape index (κ3) is 5.24. The summed E-state index contributed by atoms with van der Waals surface area (Å²) in [4.78, 5) is 13.9. The van der Waals surface area contributed by atoms with Crippen LogP contribution < -0.4 is 14.8 Å². The van der Waals surface area contributed by atoms with Crippen LogP contribution in [0.5, 0.6) is 11.5 Å². The van der Waals surface area contributed by atoms with Gasteiger partial charge in [-0.1, -0.05) is 12.1 Å². The van der Waals surface area contributed by atoms with Crippen LogP contribution in [0, 0.1) is 0 Å². The highest BCUT2D eigenvalue weighted by atomic mass is 16.6. The molecule has 116 valence electrons. The van der Waals surface area contributed by atoms with Crippen LogP contribution in [-0.2, 0) is 9.53 Å². The number of carbonyl (C=O) groups excluding carboxylic acids is 1. The van der Waals surface area contributed by atoms with Crippen molar-refractivity contribution >= 4 is 5.97 Å². The minimum absolute atomic E-state index is 0.109. The topological polar surface area (TPSA) is 60.0 Å². The van der Waals surface area contributed by atoms with E-state index in [0.717, 1.165) is 32.7 Å². The van der Waals surface area contributed by atoms with Crippen LogP contribution in [-0.4, -0.2) is 63.9 Å². The number of nitrogens with zero attached hydrogens (tertiary/aromatic N) is 1. The summed E-state index contributed by atoms with van der Waals surface area (Å²) in [5.41, 5.74) is 0. The van der Waals surface area contributed by atoms with Crippen molar-refractivity contribution in [2.75, 3.05) is 53.0 Å². The summed E-state index contributed by atoms with van der Waals surface area (Å²) in [6.45, 7) is 5.03. The molecule has 1 aliphatic rings. The summed E-state index contributed by atoms with van der Waals surface area (Å²) >= 11 is 0. The number of esters is 1. The molecule has 6 nitrogen and oxygen atoms in total. The van der Waals surface area contributed by atoms with Gasteiger partial charge in [0.1, 0.15) is 6.61 Å². The van der Waals surface area contributed by atoms with Crippen LogP contribution in [0.15, 0.2) is 24.3 Å². The van der Waals surface area contributed by atoms with E-state index in [0.29, 0.717) is 18.1 Å². The fourth-order valence-electron chi connectivity index (χ4n) is 2.14. The first-order chi connectivity index (χ1) is 10.3. The van der Waals surface area contributed by atoms with Gasteiger partial charge in [0.15, 0.2) is 18.1 Å². The third-order valence-electron chi connectivity index (χ3n) is 3.29. The number of piperazine rings is 1. The molecule has 0 bridgehead atoms. The monoisotopic (exact) mass is 294 g/mol. The smallest absolute Gasteiger partial charge is 0.344 e. The summed E-state index contributed by atoms with van der Waals surface area (Å²) in [5, 5.41) is 3.28. The van der Waals surface area contributed by atoms with E-state index in [2.05, 4.69) is 10.2 Å². The van der Waals surface area contributed by atoms with Crippen molar-refractivity contribution in [3.63, 3.8) is 0 Å². The minimum atomic E-state index is -0.365. The van der Waals surface area contributed by atoms with Crippen molar-refractivity contribution in [2.45, 2.75) is 0 Å². The lowest BCUT2D eigenvalue weighted by Gasteiger charge is -2.26. The van der Waals surface area contributed by atoms with Gasteiger partial charge in [-0.3, -0.25) is 4.90 Å². The standard InChI is InChI=1S/C15H22N2O4/c1-19-13-4-2-3-5-14(13)21-12-15(18)20-11-10-17-8-6-16-7-9-17/h2-5,16H,6-12H2,1H3. The normalized spacial score (nSPS) is 15.5. The zero-order valence-corrected chi connectivity index (χ0v) is 12.3. The number of ether oxygens (including phenoxy) is 3. The molecule has 1 fully saturated rings. The molecule has 0 aliphatic carbocycles. The van der Waals surface area contributed by atoms with E-state index in [4.69, 9.17) is 14.2 Å². The second-order valence-corrected chi connectivity index (χ2v) is 4.75. The zero-order valence-electron chi connectivity index (χ0n) is 12.3. The molecule has 0 amide bonds. The average Bonchev–Trinajstić information content (AvgIpc) is 2.54. The van der Waals surface area contributed by atoms with E-state index in [1.807, 2.05) is 12.1 Å². The van der Waals surface area contributed by atoms with Crippen LogP contribution >= 0.6 is 0 Å². The molecular weight excluding hydrogens is 272 g/mol. The maximum atomic E-state index is 11.6. The maximum absolute atomic E-state index is 11.6. The van der Waals surface area contributed by atoms with Crippen molar-refractivity contribution in [1.29, 1.82) is 0 Å². The van der Waals surface area contributed by atoms with Gasteiger partial charge in [-0.15, -0.1) is 0 Å². The number of rotatable bonds is 7. The molecule has 6 heteroatoms. The van der Waals surface area contributed by atoms with Crippen molar-refractivity contribution in [1.82, 2.24) is 10.2 Å². The van der Waals surface area contributed by atoms with Crippen LogP contribution in [0.2, 0.25) is 0 Å². The van der Waals surface area contributed by atoms with Crippen molar-refractivity contribution in [3.8, 4) is 11.5 Å². The largest absolute Gasteiger partial charge is 0.493 e. The number of nitrogens with one attached hydrogen (secondary N) is 1. The Morgan fingerprint density at radius 2 is 1.95 bits per heavy atom. The Labute approximate surface area is 125 Å². The molecule has 0 radical (unpaired) electrons. The molecule has 1 aromatic rings. The lowest BCUT2D eigenvalue weighted by molar-refractivity contribution is -0.146. The van der Waals surface area contributed by atoms with Crippen molar-refractivity contribution < 1.29 is 19.0 Å². The van der Waals surface area contributed by atoms with Gasteiger partial charge in [0.25, 0.3) is 0 Å². The van der Waals surface area contributed by atoms with Crippen LogP contribution in [0.3, 0.4) is 0 Å². The lowest BCUT2D eigenvalue weighted by atomic mass is 10.3. The Kier molecular flexibility index (Phi) is 6.30. The molecule has 1 heterocycles. The van der Waals surface area contributed by atoms with E-state index < -0.39 is 0 Å². The van der Waals surface area contributed by atoms with E-state index >= 15 is 0 Å². The molecule has 1 aromatic carbocycles. The summed E-state index contributed by atoms with van der Waals surface area (Å²) in [6.07, 6.45) is 0. The Morgan fingerprint density at radius 1 is 1.24 bits per heavy atom. The predicted molar refractivity (Wildman–Crippen MR) is 78.8 cm³/mol. The Balaban J connectivity index is 1.65. The van der Waals surface area contributed by atoms with Gasteiger partial charge < -0.3 is 19.5 Å². The molecule has 0 unspecified atom stereocenters. The predicted octanol–water partition coefficient (Wildman–Crippen LogP) is 0.522. The summed E-state index contributed by atoms with van der Waals surface area (Å²) in [6, 6.07) is 7.21. The fraction of sp³-hybridized carbons (Fsp3) is 0.533. The van der Waals surface area contributed by atoms with Crippen molar-refractivity contribution in [3.05, 3.63) is 24.3 Å². The number of methoxy groups -OCH3 is 1. The van der Waals surface area contributed by atoms with Crippen LogP contribution in [0.4, 0.5) is 0 Å². The van der Waals surface area contributed by atoms with E-state index in [-0.39, 0.29) is 12.6 Å². The van der Waals surface area contributed by atoms with Gasteiger partial charge in [0.2, 0.25) is 0 Å². The van der Waals surface area contributed by atoms with Gasteiger partial charge in [0, 0.05) is 32.7 Å². The van der Waals surface area contributed by atoms with Gasteiger partial charge in [-0.25, -0.2) is 4.79 Å². The Bertz CT molecular complexity index is 447. The molecule has 1 aliphatic heterocycles. The van der Waals surface area contributed by atoms with Gasteiger partial charge >= 0.3 is 5.97 Å². The van der Waals surface area contributed by atoms with Crippen molar-refractivity contribution in [2.24, 2.45) is 0 Å². The summed E-state index contributed by atoms with van der Waals surface area (Å²) < 4.78 is 15.7. The highest BCUT2D eigenvalue weighted by molar-refractivity contribution is 5.71. The molecule has 0 aromatic heterocycles. The van der Waals surface area contributed by atoms with Crippen LogP contribution in [0.25, 0.3) is 0 Å². The molecule has 0 atom stereocenters. The summed E-state index contributed by atoms with van der Waals surface area (Å²) in [5.74, 6) is 0.779. The molecular formula is C15H22N2O4. The average molecular weight is 294 g/mol. The molecule has 1 N–H and O–H groups in total. The number of benzene rings is 1. The maximum Gasteiger partial charge on any atom is 0.344 e. The van der Waals surface area contributed by atoms with E-state index in [9.17, 15) is 4.79 Å². The quantitative estimate of drug-likeness (QED) is 0.740. The van der Waals surface area contributed by atoms with Crippen LogP contribution in [0.1, 0.15) is 0 Å². The second-order valence-electron chi connectivity index (χ2n) is 4.75. The van der Waals surface area contributed by atoms with Gasteiger partial charge in [0.05, 0.1) is 7.11 Å². The number of hydrogen-bond acceptors (Lipinski definition) is 6. The first-order valence-electron chi connectivity index (χ1n) is 7.14. The number of para-hydroxylation sites is 2. The van der Waals surface area contributed by atoms with Gasteiger partial charge in [-0.2, -0.15) is 0 Å². The molecule has 1 saturated heterocycles. The molecule has 0 spiro atoms. The second kappa shape index (κ2) is 8.49. The Morgan fingerprint density at radius 3 is 2.67 bits per heavy atom. The number of carbonyl (C=O) groups is 1. The zero-order chi connectivity index (χ0) is 14.9. The highest BCUT2D eigenvalue weighted by Crippen LogP contribution is 2.25. The molecule has 2 rings (SSSR count). The minimum Gasteiger partial charge on any atom is -0.493 e. The Hall–Kier alpha value is -1.79. The SMILES string of the molecule is COc1ccccc1OCC(=O)OCCN1CCNCC1. The number of hydrogen-bond donors (Lipinski definition) is 1.